The third-order valence-electron chi connectivity index (χ3n) is 5.66. The zero-order valence-corrected chi connectivity index (χ0v) is 18.4. The van der Waals surface area contributed by atoms with Crippen LogP contribution in [0.25, 0.3) is 10.2 Å². The van der Waals surface area contributed by atoms with E-state index in [1.54, 1.807) is 4.90 Å². The van der Waals surface area contributed by atoms with Gasteiger partial charge in [-0.15, -0.1) is 0 Å². The molecular formula is C21H29N4O3S+. The highest BCUT2D eigenvalue weighted by atomic mass is 32.1. The van der Waals surface area contributed by atoms with Crippen LogP contribution in [0.5, 0.6) is 0 Å². The summed E-state index contributed by atoms with van der Waals surface area (Å²) in [6.07, 6.45) is 0.380. The number of aromatic nitrogens is 1. The Balaban J connectivity index is 1.88. The Morgan fingerprint density at radius 3 is 2.38 bits per heavy atom. The number of hydrogen-bond donors (Lipinski definition) is 1. The van der Waals surface area contributed by atoms with Gasteiger partial charge in [-0.25, -0.2) is 4.98 Å². The number of quaternary nitrogens is 1. The van der Waals surface area contributed by atoms with Crippen molar-refractivity contribution in [2.45, 2.75) is 40.5 Å². The smallest absolute Gasteiger partial charge is 0.249 e. The first kappa shape index (κ1) is 21.4. The molecule has 0 unspecified atom stereocenters. The predicted octanol–water partition coefficient (Wildman–Crippen LogP) is 1.32. The second-order valence-electron chi connectivity index (χ2n) is 7.53. The molecule has 1 aliphatic rings. The van der Waals surface area contributed by atoms with Crippen LogP contribution in [0, 0.1) is 13.8 Å². The summed E-state index contributed by atoms with van der Waals surface area (Å²) in [5.74, 6) is -0.797. The number of carbonyl (C=O) groups excluding carboxylic acids is 3. The number of likely N-dealkylation sites (N-methyl/N-ethyl adjacent to an activating group) is 1. The first-order valence-electron chi connectivity index (χ1n) is 10.2. The van der Waals surface area contributed by atoms with Gasteiger partial charge in [-0.3, -0.25) is 24.2 Å². The minimum atomic E-state index is -0.270. The molecule has 0 radical (unpaired) electrons. The van der Waals surface area contributed by atoms with Gasteiger partial charge in [-0.1, -0.05) is 11.3 Å². The summed E-state index contributed by atoms with van der Waals surface area (Å²) in [5, 5.41) is 0.626. The van der Waals surface area contributed by atoms with Gasteiger partial charge in [0, 0.05) is 12.8 Å². The highest BCUT2D eigenvalue weighted by molar-refractivity contribution is 7.22. The zero-order chi connectivity index (χ0) is 21.1. The summed E-state index contributed by atoms with van der Waals surface area (Å²) in [5.41, 5.74) is 3.22. The summed E-state index contributed by atoms with van der Waals surface area (Å²) in [4.78, 5) is 45.9. The molecule has 156 valence electrons. The van der Waals surface area contributed by atoms with Crippen molar-refractivity contribution in [1.29, 1.82) is 0 Å². The quantitative estimate of drug-likeness (QED) is 0.658. The number of thiazole rings is 1. The van der Waals surface area contributed by atoms with Crippen LogP contribution < -0.4 is 9.80 Å². The van der Waals surface area contributed by atoms with Gasteiger partial charge in [0.1, 0.15) is 6.54 Å². The molecule has 1 saturated heterocycles. The van der Waals surface area contributed by atoms with E-state index in [9.17, 15) is 14.4 Å². The number of nitrogens with zero attached hydrogens (tertiary/aromatic N) is 3. The molecular weight excluding hydrogens is 388 g/mol. The SMILES string of the molecule is CC[NH+](CC)CCN(C(=O)CN1C(=O)CCC1=O)c1nc2cc(C)c(C)cc2s1. The standard InChI is InChI=1S/C21H28N4O3S/c1-5-23(6-2)9-10-24(20(28)13-25-18(26)7-8-19(25)27)21-22-16-11-14(3)15(4)12-17(16)29-21/h11-12H,5-10,13H2,1-4H3/p+1. The summed E-state index contributed by atoms with van der Waals surface area (Å²) in [6, 6.07) is 4.13. The highest BCUT2D eigenvalue weighted by Gasteiger charge is 2.33. The molecule has 0 bridgehead atoms. The van der Waals surface area contributed by atoms with Gasteiger partial charge in [0.25, 0.3) is 0 Å². The fraction of sp³-hybridized carbons (Fsp3) is 0.524. The Hall–Kier alpha value is -2.32. The third-order valence-corrected chi connectivity index (χ3v) is 6.70. The molecule has 0 atom stereocenters. The largest absolute Gasteiger partial charge is 0.334 e. The van der Waals surface area contributed by atoms with Crippen molar-refractivity contribution in [3.8, 4) is 0 Å². The van der Waals surface area contributed by atoms with Crippen molar-refractivity contribution < 1.29 is 19.3 Å². The fourth-order valence-electron chi connectivity index (χ4n) is 3.50. The van der Waals surface area contributed by atoms with Gasteiger partial charge < -0.3 is 4.90 Å². The number of imide groups is 1. The second-order valence-corrected chi connectivity index (χ2v) is 8.54. The minimum absolute atomic E-state index is 0.190. The number of benzene rings is 1. The zero-order valence-electron chi connectivity index (χ0n) is 17.6. The average Bonchev–Trinajstić information content (AvgIpc) is 3.23. The molecule has 0 saturated carbocycles. The van der Waals surface area contributed by atoms with Crippen molar-refractivity contribution in [3.05, 3.63) is 23.3 Å². The molecule has 7 nitrogen and oxygen atoms in total. The van der Waals surface area contributed by atoms with Gasteiger partial charge in [0.2, 0.25) is 17.7 Å². The van der Waals surface area contributed by atoms with E-state index in [2.05, 4.69) is 26.8 Å². The number of rotatable bonds is 8. The van der Waals surface area contributed by atoms with E-state index in [1.807, 2.05) is 13.0 Å². The lowest BCUT2D eigenvalue weighted by molar-refractivity contribution is -0.894. The molecule has 3 amide bonds. The van der Waals surface area contributed by atoms with E-state index >= 15 is 0 Å². The van der Waals surface area contributed by atoms with Gasteiger partial charge >= 0.3 is 0 Å². The van der Waals surface area contributed by atoms with Gasteiger partial charge in [0.15, 0.2) is 5.13 Å². The number of likely N-dealkylation sites (tertiary alicyclic amines) is 1. The van der Waals surface area contributed by atoms with Crippen LogP contribution in [0.3, 0.4) is 0 Å². The Morgan fingerprint density at radius 2 is 1.76 bits per heavy atom. The Kier molecular flexibility index (Phi) is 6.64. The fourth-order valence-corrected chi connectivity index (χ4v) is 4.59. The summed E-state index contributed by atoms with van der Waals surface area (Å²) < 4.78 is 1.03. The van der Waals surface area contributed by atoms with Crippen LogP contribution in [0.1, 0.15) is 37.8 Å². The molecule has 1 aromatic heterocycles. The number of aryl methyl sites for hydroxylation is 2. The average molecular weight is 418 g/mol. The van der Waals surface area contributed by atoms with Crippen molar-refractivity contribution >= 4 is 44.4 Å². The molecule has 0 spiro atoms. The van der Waals surface area contributed by atoms with E-state index in [1.165, 1.54) is 21.8 Å². The molecule has 1 aliphatic heterocycles. The molecule has 1 fully saturated rings. The number of nitrogens with one attached hydrogen (secondary N) is 1. The Bertz CT molecular complexity index is 880. The van der Waals surface area contributed by atoms with Crippen LogP contribution in [0.4, 0.5) is 5.13 Å². The monoisotopic (exact) mass is 417 g/mol. The maximum atomic E-state index is 13.1. The molecule has 0 aliphatic carbocycles. The van der Waals surface area contributed by atoms with Crippen molar-refractivity contribution in [3.63, 3.8) is 0 Å². The second kappa shape index (κ2) is 9.00. The predicted molar refractivity (Wildman–Crippen MR) is 114 cm³/mol. The van der Waals surface area contributed by atoms with E-state index in [0.29, 0.717) is 11.7 Å². The maximum absolute atomic E-state index is 13.1. The van der Waals surface area contributed by atoms with Crippen molar-refractivity contribution in [2.75, 3.05) is 37.6 Å². The van der Waals surface area contributed by atoms with Crippen LogP contribution in [0.2, 0.25) is 0 Å². The van der Waals surface area contributed by atoms with E-state index in [-0.39, 0.29) is 37.1 Å². The first-order valence-corrected chi connectivity index (χ1v) is 11.0. The van der Waals surface area contributed by atoms with E-state index in [0.717, 1.165) is 40.3 Å². The number of hydrogen-bond acceptors (Lipinski definition) is 5. The number of amides is 3. The minimum Gasteiger partial charge on any atom is -0.334 e. The number of anilines is 1. The van der Waals surface area contributed by atoms with Crippen LogP contribution >= 0.6 is 11.3 Å². The van der Waals surface area contributed by atoms with Gasteiger partial charge in [0.05, 0.1) is 36.4 Å². The first-order chi connectivity index (χ1) is 13.8. The maximum Gasteiger partial charge on any atom is 0.249 e. The highest BCUT2D eigenvalue weighted by Crippen LogP contribution is 2.31. The lowest BCUT2D eigenvalue weighted by Gasteiger charge is -2.24. The Labute approximate surface area is 175 Å². The van der Waals surface area contributed by atoms with Gasteiger partial charge in [-0.2, -0.15) is 0 Å². The normalized spacial score (nSPS) is 14.4. The third kappa shape index (κ3) is 4.64. The molecule has 3 rings (SSSR count). The lowest BCUT2D eigenvalue weighted by atomic mass is 10.1. The molecule has 8 heteroatoms. The number of carbonyl (C=O) groups is 3. The number of fused-ring (bicyclic) bond motifs is 1. The molecule has 1 N–H and O–H groups in total. The van der Waals surface area contributed by atoms with E-state index in [4.69, 9.17) is 4.98 Å². The topological polar surface area (TPSA) is 75.0 Å². The summed E-state index contributed by atoms with van der Waals surface area (Å²) >= 11 is 1.48. The Morgan fingerprint density at radius 1 is 1.14 bits per heavy atom. The van der Waals surface area contributed by atoms with Crippen LogP contribution in [0.15, 0.2) is 12.1 Å². The molecule has 2 heterocycles. The summed E-state index contributed by atoms with van der Waals surface area (Å²) in [7, 11) is 0. The lowest BCUT2D eigenvalue weighted by Crippen LogP contribution is -3.12. The molecule has 2 aromatic rings. The molecule has 29 heavy (non-hydrogen) atoms. The summed E-state index contributed by atoms with van der Waals surface area (Å²) in [6.45, 7) is 11.4. The molecule has 1 aromatic carbocycles. The van der Waals surface area contributed by atoms with Crippen LogP contribution in [-0.2, 0) is 14.4 Å². The van der Waals surface area contributed by atoms with Crippen molar-refractivity contribution in [2.24, 2.45) is 0 Å². The van der Waals surface area contributed by atoms with E-state index < -0.39 is 0 Å². The van der Waals surface area contributed by atoms with Crippen molar-refractivity contribution in [1.82, 2.24) is 9.88 Å². The van der Waals surface area contributed by atoms with Crippen LogP contribution in [-0.4, -0.2) is 60.3 Å². The van der Waals surface area contributed by atoms with Gasteiger partial charge in [-0.05, 0) is 51.0 Å².